The van der Waals surface area contributed by atoms with Gasteiger partial charge in [-0.15, -0.1) is 0 Å². The molecule has 19 heavy (non-hydrogen) atoms. The highest BCUT2D eigenvalue weighted by atomic mass is 79.9. The molecule has 1 aliphatic heterocycles. The molecule has 0 atom stereocenters. The van der Waals surface area contributed by atoms with Gasteiger partial charge in [0.15, 0.2) is 11.5 Å². The molecular weight excluding hydrogens is 330 g/mol. The highest BCUT2D eigenvalue weighted by Crippen LogP contribution is 2.36. The summed E-state index contributed by atoms with van der Waals surface area (Å²) in [7, 11) is 0. The smallest absolute Gasteiger partial charge is 0.231 e. The monoisotopic (exact) mass is 339 g/mol. The Morgan fingerprint density at radius 1 is 1.21 bits per heavy atom. The maximum Gasteiger partial charge on any atom is 0.231 e. The molecule has 0 saturated heterocycles. The summed E-state index contributed by atoms with van der Waals surface area (Å²) in [5.41, 5.74) is 2.01. The lowest BCUT2D eigenvalue weighted by atomic mass is 10.2. The van der Waals surface area contributed by atoms with E-state index in [-0.39, 0.29) is 6.79 Å². The molecular formula is C14H11BrClNO2. The Labute approximate surface area is 124 Å². The number of anilines is 1. The number of benzene rings is 2. The fraction of sp³-hybridized carbons (Fsp3) is 0.143. The zero-order valence-corrected chi connectivity index (χ0v) is 12.3. The lowest BCUT2D eigenvalue weighted by Gasteiger charge is -2.10. The third-order valence-corrected chi connectivity index (χ3v) is 3.80. The predicted molar refractivity (Wildman–Crippen MR) is 79.0 cm³/mol. The van der Waals surface area contributed by atoms with Crippen LogP contribution < -0.4 is 14.8 Å². The van der Waals surface area contributed by atoms with Crippen molar-refractivity contribution in [2.24, 2.45) is 0 Å². The summed E-state index contributed by atoms with van der Waals surface area (Å²) in [6, 6.07) is 11.5. The predicted octanol–water partition coefficient (Wildman–Crippen LogP) is 4.44. The first kappa shape index (κ1) is 12.6. The first-order valence-corrected chi connectivity index (χ1v) is 6.97. The second-order valence-electron chi connectivity index (χ2n) is 4.13. The van der Waals surface area contributed by atoms with Gasteiger partial charge in [0.05, 0.1) is 5.69 Å². The third kappa shape index (κ3) is 2.65. The molecule has 0 aromatic heterocycles. The number of para-hydroxylation sites is 1. The van der Waals surface area contributed by atoms with Gasteiger partial charge in [0.25, 0.3) is 0 Å². The van der Waals surface area contributed by atoms with Crippen molar-refractivity contribution < 1.29 is 9.47 Å². The quantitative estimate of drug-likeness (QED) is 0.896. The summed E-state index contributed by atoms with van der Waals surface area (Å²) in [4.78, 5) is 0. The van der Waals surface area contributed by atoms with E-state index in [9.17, 15) is 0 Å². The average Bonchev–Trinajstić information content (AvgIpc) is 2.88. The molecule has 0 radical (unpaired) electrons. The van der Waals surface area contributed by atoms with Crippen LogP contribution in [-0.2, 0) is 6.54 Å². The van der Waals surface area contributed by atoms with Crippen LogP contribution in [0.1, 0.15) is 5.56 Å². The molecule has 0 aliphatic carbocycles. The van der Waals surface area contributed by atoms with Crippen LogP contribution in [0.25, 0.3) is 0 Å². The van der Waals surface area contributed by atoms with E-state index in [1.807, 2.05) is 36.4 Å². The van der Waals surface area contributed by atoms with Gasteiger partial charge in [-0.3, -0.25) is 0 Å². The molecule has 0 fully saturated rings. The molecule has 5 heteroatoms. The molecule has 98 valence electrons. The zero-order valence-electron chi connectivity index (χ0n) is 9.95. The summed E-state index contributed by atoms with van der Waals surface area (Å²) in [5.74, 6) is 1.61. The molecule has 3 rings (SSSR count). The molecule has 3 nitrogen and oxygen atoms in total. The van der Waals surface area contributed by atoms with Crippen molar-refractivity contribution in [1.82, 2.24) is 0 Å². The number of halogens is 2. The minimum atomic E-state index is 0.285. The summed E-state index contributed by atoms with van der Waals surface area (Å²) in [5, 5.41) is 4.03. The summed E-state index contributed by atoms with van der Waals surface area (Å²) in [6.45, 7) is 0.929. The molecule has 0 saturated carbocycles. The van der Waals surface area contributed by atoms with Gasteiger partial charge < -0.3 is 14.8 Å². The van der Waals surface area contributed by atoms with Gasteiger partial charge in [-0.05, 0) is 40.2 Å². The standard InChI is InChI=1S/C14H11BrClNO2/c15-11-5-4-10(16)6-12(11)17-7-9-2-1-3-13-14(9)19-8-18-13/h1-6,17H,7-8H2. The first-order chi connectivity index (χ1) is 9.24. The van der Waals surface area contributed by atoms with E-state index < -0.39 is 0 Å². The lowest BCUT2D eigenvalue weighted by molar-refractivity contribution is 0.173. The second kappa shape index (κ2) is 5.31. The van der Waals surface area contributed by atoms with E-state index in [0.717, 1.165) is 27.2 Å². The Bertz CT molecular complexity index is 618. The number of nitrogens with one attached hydrogen (secondary N) is 1. The van der Waals surface area contributed by atoms with E-state index in [1.54, 1.807) is 0 Å². The highest BCUT2D eigenvalue weighted by Gasteiger charge is 2.16. The van der Waals surface area contributed by atoms with Crippen molar-refractivity contribution in [3.8, 4) is 11.5 Å². The van der Waals surface area contributed by atoms with Gasteiger partial charge in [-0.2, -0.15) is 0 Å². The number of hydrogen-bond donors (Lipinski definition) is 1. The van der Waals surface area contributed by atoms with Crippen molar-refractivity contribution in [2.45, 2.75) is 6.54 Å². The first-order valence-electron chi connectivity index (χ1n) is 5.80. The molecule has 1 aliphatic rings. The molecule has 0 bridgehead atoms. The van der Waals surface area contributed by atoms with E-state index in [1.165, 1.54) is 0 Å². The number of fused-ring (bicyclic) bond motifs is 1. The van der Waals surface area contributed by atoms with Gasteiger partial charge in [-0.25, -0.2) is 0 Å². The normalized spacial score (nSPS) is 12.5. The van der Waals surface area contributed by atoms with Crippen molar-refractivity contribution in [2.75, 3.05) is 12.1 Å². The molecule has 0 amide bonds. The Kier molecular flexibility index (Phi) is 3.53. The third-order valence-electron chi connectivity index (χ3n) is 2.88. The van der Waals surface area contributed by atoms with Crippen LogP contribution in [0.2, 0.25) is 5.02 Å². The molecule has 1 heterocycles. The lowest BCUT2D eigenvalue weighted by Crippen LogP contribution is -2.01. The van der Waals surface area contributed by atoms with Gasteiger partial charge in [0.2, 0.25) is 6.79 Å². The van der Waals surface area contributed by atoms with Crippen LogP contribution in [0, 0.1) is 0 Å². The SMILES string of the molecule is Clc1ccc(Br)c(NCc2cccc3c2OCO3)c1. The van der Waals surface area contributed by atoms with Crippen LogP contribution >= 0.6 is 27.5 Å². The Morgan fingerprint density at radius 2 is 2.11 bits per heavy atom. The van der Waals surface area contributed by atoms with Crippen LogP contribution in [0.3, 0.4) is 0 Å². The maximum absolute atomic E-state index is 5.99. The minimum Gasteiger partial charge on any atom is -0.454 e. The molecule has 0 spiro atoms. The Morgan fingerprint density at radius 3 is 3.00 bits per heavy atom. The summed E-state index contributed by atoms with van der Waals surface area (Å²) in [6.07, 6.45) is 0. The fourth-order valence-electron chi connectivity index (χ4n) is 1.95. The van der Waals surface area contributed by atoms with Crippen molar-refractivity contribution in [3.05, 3.63) is 51.5 Å². The van der Waals surface area contributed by atoms with E-state index in [4.69, 9.17) is 21.1 Å². The van der Waals surface area contributed by atoms with Crippen molar-refractivity contribution in [1.29, 1.82) is 0 Å². The Hall–Kier alpha value is -1.39. The van der Waals surface area contributed by atoms with Gasteiger partial charge in [0.1, 0.15) is 0 Å². The van der Waals surface area contributed by atoms with E-state index >= 15 is 0 Å². The van der Waals surface area contributed by atoms with E-state index in [2.05, 4.69) is 21.2 Å². The summed E-state index contributed by atoms with van der Waals surface area (Å²) >= 11 is 9.48. The number of ether oxygens (including phenoxy) is 2. The van der Waals surface area contributed by atoms with Crippen LogP contribution in [0.15, 0.2) is 40.9 Å². The summed E-state index contributed by atoms with van der Waals surface area (Å²) < 4.78 is 11.8. The zero-order chi connectivity index (χ0) is 13.2. The van der Waals surface area contributed by atoms with Crippen molar-refractivity contribution >= 4 is 33.2 Å². The van der Waals surface area contributed by atoms with Gasteiger partial charge in [0, 0.05) is 21.6 Å². The molecule has 1 N–H and O–H groups in total. The van der Waals surface area contributed by atoms with Gasteiger partial charge >= 0.3 is 0 Å². The Balaban J connectivity index is 1.80. The number of hydrogen-bond acceptors (Lipinski definition) is 3. The number of rotatable bonds is 3. The fourth-order valence-corrected chi connectivity index (χ4v) is 2.51. The van der Waals surface area contributed by atoms with E-state index in [0.29, 0.717) is 11.6 Å². The molecule has 0 unspecified atom stereocenters. The average molecular weight is 341 g/mol. The van der Waals surface area contributed by atoms with Crippen molar-refractivity contribution in [3.63, 3.8) is 0 Å². The van der Waals surface area contributed by atoms with Crippen LogP contribution in [-0.4, -0.2) is 6.79 Å². The minimum absolute atomic E-state index is 0.285. The largest absolute Gasteiger partial charge is 0.454 e. The second-order valence-corrected chi connectivity index (χ2v) is 5.42. The van der Waals surface area contributed by atoms with Crippen LogP contribution in [0.5, 0.6) is 11.5 Å². The highest BCUT2D eigenvalue weighted by molar-refractivity contribution is 9.10. The van der Waals surface area contributed by atoms with Gasteiger partial charge in [-0.1, -0.05) is 23.7 Å². The topological polar surface area (TPSA) is 30.5 Å². The van der Waals surface area contributed by atoms with Crippen LogP contribution in [0.4, 0.5) is 5.69 Å². The molecule has 2 aromatic rings. The maximum atomic E-state index is 5.99. The molecule has 2 aromatic carbocycles.